The molecule has 0 aromatic carbocycles. The molecule has 2 fully saturated rings. The van der Waals surface area contributed by atoms with Gasteiger partial charge in [-0.25, -0.2) is 0 Å². The SMILES string of the molecule is OC[C@]12CNC[C@H]1CCOC2. The minimum atomic E-state index is 0.0538. The molecule has 11 heavy (non-hydrogen) atoms. The maximum Gasteiger partial charge on any atom is 0.0559 e. The van der Waals surface area contributed by atoms with Crippen LogP contribution in [0.1, 0.15) is 6.42 Å². The first-order valence-corrected chi connectivity index (χ1v) is 4.27. The summed E-state index contributed by atoms with van der Waals surface area (Å²) in [6, 6.07) is 0. The van der Waals surface area contributed by atoms with Gasteiger partial charge in [-0.3, -0.25) is 0 Å². The first-order valence-electron chi connectivity index (χ1n) is 4.27. The van der Waals surface area contributed by atoms with E-state index in [4.69, 9.17) is 4.74 Å². The number of nitrogens with one attached hydrogen (secondary N) is 1. The van der Waals surface area contributed by atoms with Crippen molar-refractivity contribution in [1.29, 1.82) is 0 Å². The van der Waals surface area contributed by atoms with Gasteiger partial charge in [0.25, 0.3) is 0 Å². The molecule has 0 amide bonds. The van der Waals surface area contributed by atoms with E-state index < -0.39 is 0 Å². The summed E-state index contributed by atoms with van der Waals surface area (Å²) < 4.78 is 5.38. The number of aliphatic hydroxyl groups is 1. The van der Waals surface area contributed by atoms with Gasteiger partial charge < -0.3 is 15.2 Å². The molecule has 2 N–H and O–H groups in total. The van der Waals surface area contributed by atoms with Crippen LogP contribution in [-0.2, 0) is 4.74 Å². The molecule has 2 heterocycles. The quantitative estimate of drug-likeness (QED) is 0.544. The first kappa shape index (κ1) is 7.53. The smallest absolute Gasteiger partial charge is 0.0559 e. The fraction of sp³-hybridized carbons (Fsp3) is 1.00. The molecular formula is C8H15NO2. The zero-order valence-electron chi connectivity index (χ0n) is 6.68. The summed E-state index contributed by atoms with van der Waals surface area (Å²) >= 11 is 0. The average Bonchev–Trinajstić information content (AvgIpc) is 2.48. The highest BCUT2D eigenvalue weighted by molar-refractivity contribution is 4.96. The lowest BCUT2D eigenvalue weighted by Gasteiger charge is -2.36. The van der Waals surface area contributed by atoms with Crippen LogP contribution in [0.3, 0.4) is 0 Å². The topological polar surface area (TPSA) is 41.5 Å². The zero-order valence-corrected chi connectivity index (χ0v) is 6.68. The molecule has 0 aromatic rings. The number of aliphatic hydroxyl groups excluding tert-OH is 1. The van der Waals surface area contributed by atoms with Crippen LogP contribution in [0.15, 0.2) is 0 Å². The Labute approximate surface area is 66.7 Å². The third-order valence-electron chi connectivity index (χ3n) is 3.05. The second-order valence-electron chi connectivity index (χ2n) is 3.69. The van der Waals surface area contributed by atoms with Crippen LogP contribution >= 0.6 is 0 Å². The molecule has 0 bridgehead atoms. The van der Waals surface area contributed by atoms with Crippen molar-refractivity contribution in [2.45, 2.75) is 6.42 Å². The Morgan fingerprint density at radius 2 is 2.55 bits per heavy atom. The van der Waals surface area contributed by atoms with E-state index in [0.29, 0.717) is 5.92 Å². The second kappa shape index (κ2) is 2.73. The molecule has 2 aliphatic rings. The van der Waals surface area contributed by atoms with E-state index in [0.717, 1.165) is 32.7 Å². The van der Waals surface area contributed by atoms with Crippen molar-refractivity contribution in [3.05, 3.63) is 0 Å². The third-order valence-corrected chi connectivity index (χ3v) is 3.05. The van der Waals surface area contributed by atoms with Crippen molar-refractivity contribution in [3.63, 3.8) is 0 Å². The van der Waals surface area contributed by atoms with E-state index in [2.05, 4.69) is 5.32 Å². The number of hydrogen-bond donors (Lipinski definition) is 2. The fourth-order valence-corrected chi connectivity index (χ4v) is 2.16. The molecule has 3 nitrogen and oxygen atoms in total. The van der Waals surface area contributed by atoms with Crippen molar-refractivity contribution in [2.24, 2.45) is 11.3 Å². The third kappa shape index (κ3) is 1.08. The predicted molar refractivity (Wildman–Crippen MR) is 41.3 cm³/mol. The molecule has 2 aliphatic heterocycles. The van der Waals surface area contributed by atoms with Gasteiger partial charge in [-0.1, -0.05) is 0 Å². The molecule has 64 valence electrons. The molecule has 0 spiro atoms. The maximum atomic E-state index is 9.23. The van der Waals surface area contributed by atoms with Crippen molar-refractivity contribution in [3.8, 4) is 0 Å². The maximum absolute atomic E-state index is 9.23. The van der Waals surface area contributed by atoms with Gasteiger partial charge in [0.05, 0.1) is 13.2 Å². The standard InChI is InChI=1S/C8H15NO2/c10-5-8-4-9-3-7(8)1-2-11-6-8/h7,9-10H,1-6H2/t7-,8+/m1/s1. The summed E-state index contributed by atoms with van der Waals surface area (Å²) in [5.74, 6) is 0.640. The predicted octanol–water partition coefficient (Wildman–Crippen LogP) is -0.395. The second-order valence-corrected chi connectivity index (χ2v) is 3.69. The minimum Gasteiger partial charge on any atom is -0.396 e. The van der Waals surface area contributed by atoms with Crippen molar-refractivity contribution in [1.82, 2.24) is 5.32 Å². The van der Waals surface area contributed by atoms with E-state index in [1.54, 1.807) is 0 Å². The van der Waals surface area contributed by atoms with Crippen LogP contribution < -0.4 is 5.32 Å². The summed E-state index contributed by atoms with van der Waals surface area (Å²) in [6.45, 7) is 3.86. The van der Waals surface area contributed by atoms with Gasteiger partial charge in [-0.05, 0) is 18.9 Å². The van der Waals surface area contributed by atoms with Crippen molar-refractivity contribution < 1.29 is 9.84 Å². The molecule has 2 saturated heterocycles. The van der Waals surface area contributed by atoms with Gasteiger partial charge in [-0.15, -0.1) is 0 Å². The highest BCUT2D eigenvalue weighted by Crippen LogP contribution is 2.36. The Morgan fingerprint density at radius 1 is 1.64 bits per heavy atom. The van der Waals surface area contributed by atoms with Crippen LogP contribution in [0.4, 0.5) is 0 Å². The molecule has 2 rings (SSSR count). The van der Waals surface area contributed by atoms with Gasteiger partial charge in [0.1, 0.15) is 0 Å². The Bertz CT molecular complexity index is 151. The average molecular weight is 157 g/mol. The molecule has 2 atom stereocenters. The fourth-order valence-electron chi connectivity index (χ4n) is 2.16. The van der Waals surface area contributed by atoms with Gasteiger partial charge in [0, 0.05) is 18.6 Å². The minimum absolute atomic E-state index is 0.0538. The van der Waals surface area contributed by atoms with Crippen LogP contribution in [0, 0.1) is 11.3 Å². The highest BCUT2D eigenvalue weighted by atomic mass is 16.5. The van der Waals surface area contributed by atoms with Gasteiger partial charge in [0.2, 0.25) is 0 Å². The van der Waals surface area contributed by atoms with E-state index in [1.165, 1.54) is 0 Å². The number of rotatable bonds is 1. The zero-order chi connectivity index (χ0) is 7.73. The van der Waals surface area contributed by atoms with Crippen molar-refractivity contribution >= 4 is 0 Å². The lowest BCUT2D eigenvalue weighted by Crippen LogP contribution is -2.42. The van der Waals surface area contributed by atoms with E-state index >= 15 is 0 Å². The number of fused-ring (bicyclic) bond motifs is 1. The Morgan fingerprint density at radius 3 is 3.27 bits per heavy atom. The van der Waals surface area contributed by atoms with Gasteiger partial charge >= 0.3 is 0 Å². The monoisotopic (exact) mass is 157 g/mol. The lowest BCUT2D eigenvalue weighted by atomic mass is 9.76. The Balaban J connectivity index is 2.12. The van der Waals surface area contributed by atoms with E-state index in [-0.39, 0.29) is 12.0 Å². The molecular weight excluding hydrogens is 142 g/mol. The van der Waals surface area contributed by atoms with Gasteiger partial charge in [0.15, 0.2) is 0 Å². The molecule has 0 aliphatic carbocycles. The largest absolute Gasteiger partial charge is 0.396 e. The van der Waals surface area contributed by atoms with Crippen LogP contribution in [0.2, 0.25) is 0 Å². The van der Waals surface area contributed by atoms with E-state index in [9.17, 15) is 5.11 Å². The molecule has 0 saturated carbocycles. The Hall–Kier alpha value is -0.120. The summed E-state index contributed by atoms with van der Waals surface area (Å²) in [5, 5.41) is 12.5. The highest BCUT2D eigenvalue weighted by Gasteiger charge is 2.44. The normalized spacial score (nSPS) is 43.9. The molecule has 0 radical (unpaired) electrons. The summed E-state index contributed by atoms with van der Waals surface area (Å²) in [4.78, 5) is 0. The molecule has 0 aromatic heterocycles. The first-order chi connectivity index (χ1) is 5.37. The summed E-state index contributed by atoms with van der Waals surface area (Å²) in [7, 11) is 0. The van der Waals surface area contributed by atoms with Crippen LogP contribution in [-0.4, -0.2) is 38.0 Å². The summed E-state index contributed by atoms with van der Waals surface area (Å²) in [6.07, 6.45) is 1.10. The number of hydrogen-bond acceptors (Lipinski definition) is 3. The number of ether oxygens (including phenoxy) is 1. The summed E-state index contributed by atoms with van der Waals surface area (Å²) in [5.41, 5.74) is 0.0538. The van der Waals surface area contributed by atoms with E-state index in [1.807, 2.05) is 0 Å². The lowest BCUT2D eigenvalue weighted by molar-refractivity contribution is -0.0545. The molecule has 0 unspecified atom stereocenters. The van der Waals surface area contributed by atoms with Crippen LogP contribution in [0.25, 0.3) is 0 Å². The van der Waals surface area contributed by atoms with Gasteiger partial charge in [-0.2, -0.15) is 0 Å². The Kier molecular flexibility index (Phi) is 1.87. The molecule has 3 heteroatoms. The van der Waals surface area contributed by atoms with Crippen molar-refractivity contribution in [2.75, 3.05) is 32.9 Å². The van der Waals surface area contributed by atoms with Crippen LogP contribution in [0.5, 0.6) is 0 Å².